The quantitative estimate of drug-likeness (QED) is 0.283. The Morgan fingerprint density at radius 1 is 1.11 bits per heavy atom. The van der Waals surface area contributed by atoms with Gasteiger partial charge in [0.1, 0.15) is 18.0 Å². The van der Waals surface area contributed by atoms with Gasteiger partial charge in [0.05, 0.1) is 16.5 Å². The van der Waals surface area contributed by atoms with E-state index in [0.29, 0.717) is 42.0 Å². The highest BCUT2D eigenvalue weighted by Gasteiger charge is 2.38. The summed E-state index contributed by atoms with van der Waals surface area (Å²) in [5.41, 5.74) is -1.40. The smallest absolute Gasteiger partial charge is 0.382 e. The van der Waals surface area contributed by atoms with Gasteiger partial charge in [-0.1, -0.05) is 11.6 Å². The predicted molar refractivity (Wildman–Crippen MR) is 129 cm³/mol. The van der Waals surface area contributed by atoms with Gasteiger partial charge in [0.2, 0.25) is 0 Å². The molecule has 1 aromatic heterocycles. The summed E-state index contributed by atoms with van der Waals surface area (Å²) in [6, 6.07) is 11.5. The molecule has 1 saturated carbocycles. The minimum absolute atomic E-state index is 0.114. The zero-order valence-electron chi connectivity index (χ0n) is 18.8. The SMILES string of the molecule is O=C(COC1CCC(Nc2ccc([N+](=O)[O-])c(C(F)(F)F)c2)CC1)Nc1ccc2cc(Cl)ccc2n1. The highest BCUT2D eigenvalue weighted by Crippen LogP contribution is 2.38. The minimum Gasteiger partial charge on any atom is -0.382 e. The maximum atomic E-state index is 13.2. The summed E-state index contributed by atoms with van der Waals surface area (Å²) in [7, 11) is 0. The number of aromatic nitrogens is 1. The lowest BCUT2D eigenvalue weighted by Crippen LogP contribution is -2.31. The molecule has 0 saturated heterocycles. The fraction of sp³-hybridized carbons (Fsp3) is 0.333. The maximum absolute atomic E-state index is 13.2. The number of rotatable bonds is 7. The number of nitrogens with one attached hydrogen (secondary N) is 2. The van der Waals surface area contributed by atoms with E-state index in [2.05, 4.69) is 15.6 Å². The van der Waals surface area contributed by atoms with Gasteiger partial charge in [-0.05, 0) is 68.1 Å². The number of ether oxygens (including phenoxy) is 1. The summed E-state index contributed by atoms with van der Waals surface area (Å²) >= 11 is 5.96. The lowest BCUT2D eigenvalue weighted by atomic mass is 9.92. The number of anilines is 2. The Labute approximate surface area is 208 Å². The zero-order valence-corrected chi connectivity index (χ0v) is 19.6. The van der Waals surface area contributed by atoms with E-state index < -0.39 is 22.4 Å². The summed E-state index contributed by atoms with van der Waals surface area (Å²) in [6.45, 7) is -0.152. The molecule has 0 aliphatic heterocycles. The molecule has 2 N–H and O–H groups in total. The second kappa shape index (κ2) is 10.7. The fourth-order valence-electron chi connectivity index (χ4n) is 4.16. The van der Waals surface area contributed by atoms with Gasteiger partial charge in [-0.25, -0.2) is 4.98 Å². The maximum Gasteiger partial charge on any atom is 0.423 e. The predicted octanol–water partition coefficient (Wildman–Crippen LogP) is 6.19. The van der Waals surface area contributed by atoms with E-state index in [4.69, 9.17) is 16.3 Å². The summed E-state index contributed by atoms with van der Waals surface area (Å²) in [5.74, 6) is 0.0503. The Kier molecular flexibility index (Phi) is 7.60. The Bertz CT molecular complexity index is 1280. The number of hydrogen-bond acceptors (Lipinski definition) is 6. The van der Waals surface area contributed by atoms with Crippen LogP contribution in [0.2, 0.25) is 5.02 Å². The zero-order chi connectivity index (χ0) is 25.9. The molecule has 8 nitrogen and oxygen atoms in total. The third kappa shape index (κ3) is 6.41. The Morgan fingerprint density at radius 3 is 2.56 bits per heavy atom. The number of benzene rings is 2. The van der Waals surface area contributed by atoms with Crippen LogP contribution in [0.4, 0.5) is 30.4 Å². The van der Waals surface area contributed by atoms with Crippen LogP contribution in [-0.2, 0) is 15.7 Å². The van der Waals surface area contributed by atoms with Crippen LogP contribution in [-0.4, -0.2) is 34.6 Å². The number of nitro groups is 1. The van der Waals surface area contributed by atoms with Crippen molar-refractivity contribution in [2.24, 2.45) is 0 Å². The number of carbonyl (C=O) groups is 1. The van der Waals surface area contributed by atoms with Gasteiger partial charge in [-0.15, -0.1) is 0 Å². The molecule has 0 atom stereocenters. The van der Waals surface area contributed by atoms with Gasteiger partial charge < -0.3 is 15.4 Å². The van der Waals surface area contributed by atoms with Crippen molar-refractivity contribution < 1.29 is 27.6 Å². The first-order chi connectivity index (χ1) is 17.1. The molecule has 1 fully saturated rings. The van der Waals surface area contributed by atoms with Gasteiger partial charge in [0.15, 0.2) is 0 Å². The van der Waals surface area contributed by atoms with E-state index in [1.807, 2.05) is 6.07 Å². The number of nitrogens with zero attached hydrogens (tertiary/aromatic N) is 2. The molecule has 2 aromatic carbocycles. The first-order valence-electron chi connectivity index (χ1n) is 11.2. The molecular weight excluding hydrogens is 501 g/mol. The monoisotopic (exact) mass is 522 g/mol. The number of hydrogen-bond donors (Lipinski definition) is 2. The standard InChI is InChI=1S/C24H22ClF3N4O4/c25-15-2-8-20-14(11-15)1-10-22(30-20)31-23(33)13-36-18-6-3-16(4-7-18)29-17-5-9-21(32(34)35)19(12-17)24(26,27)28/h1-2,5,8-12,16,18,29H,3-4,6-7,13H2,(H,30,31,33). The van der Waals surface area contributed by atoms with E-state index in [1.54, 1.807) is 24.3 Å². The van der Waals surface area contributed by atoms with Gasteiger partial charge in [0, 0.05) is 28.2 Å². The summed E-state index contributed by atoms with van der Waals surface area (Å²) in [6.07, 6.45) is -2.55. The number of pyridine rings is 1. The molecule has 0 radical (unpaired) electrons. The van der Waals surface area contributed by atoms with Crippen molar-refractivity contribution in [3.05, 3.63) is 69.2 Å². The molecule has 0 bridgehead atoms. The summed E-state index contributed by atoms with van der Waals surface area (Å²) in [5, 5.41) is 18.1. The van der Waals surface area contributed by atoms with Crippen molar-refractivity contribution in [1.29, 1.82) is 0 Å². The molecule has 4 rings (SSSR count). The molecule has 36 heavy (non-hydrogen) atoms. The van der Waals surface area contributed by atoms with E-state index in [1.165, 1.54) is 6.07 Å². The van der Waals surface area contributed by atoms with Crippen LogP contribution in [0, 0.1) is 10.1 Å². The minimum atomic E-state index is -4.83. The topological polar surface area (TPSA) is 106 Å². The first-order valence-corrected chi connectivity index (χ1v) is 11.6. The average Bonchev–Trinajstić information content (AvgIpc) is 2.83. The number of fused-ring (bicyclic) bond motifs is 1. The van der Waals surface area contributed by atoms with Crippen LogP contribution < -0.4 is 10.6 Å². The molecule has 0 spiro atoms. The fourth-order valence-corrected chi connectivity index (χ4v) is 4.34. The molecule has 190 valence electrons. The lowest BCUT2D eigenvalue weighted by Gasteiger charge is -2.29. The van der Waals surface area contributed by atoms with Gasteiger partial charge in [-0.3, -0.25) is 14.9 Å². The molecule has 1 heterocycles. The molecule has 1 aliphatic rings. The number of amides is 1. The third-order valence-electron chi connectivity index (χ3n) is 5.91. The van der Waals surface area contributed by atoms with Crippen LogP contribution >= 0.6 is 11.6 Å². The summed E-state index contributed by atoms with van der Waals surface area (Å²) in [4.78, 5) is 26.5. The molecular formula is C24H22ClF3N4O4. The van der Waals surface area contributed by atoms with Crippen molar-refractivity contribution in [2.75, 3.05) is 17.2 Å². The van der Waals surface area contributed by atoms with Gasteiger partial charge >= 0.3 is 6.18 Å². The van der Waals surface area contributed by atoms with Crippen molar-refractivity contribution in [1.82, 2.24) is 4.98 Å². The van der Waals surface area contributed by atoms with Crippen LogP contribution in [0.15, 0.2) is 48.5 Å². The number of alkyl halides is 3. The van der Waals surface area contributed by atoms with Crippen molar-refractivity contribution in [3.8, 4) is 0 Å². The normalized spacial score (nSPS) is 18.1. The van der Waals surface area contributed by atoms with Crippen molar-refractivity contribution in [2.45, 2.75) is 44.0 Å². The van der Waals surface area contributed by atoms with Crippen LogP contribution in [0.25, 0.3) is 10.9 Å². The highest BCUT2D eigenvalue weighted by molar-refractivity contribution is 6.31. The second-order valence-corrected chi connectivity index (χ2v) is 8.93. The van der Waals surface area contributed by atoms with Crippen molar-refractivity contribution in [3.63, 3.8) is 0 Å². The summed E-state index contributed by atoms with van der Waals surface area (Å²) < 4.78 is 45.3. The molecule has 0 unspecified atom stereocenters. The first kappa shape index (κ1) is 25.6. The number of nitro benzene ring substituents is 1. The van der Waals surface area contributed by atoms with E-state index in [9.17, 15) is 28.1 Å². The van der Waals surface area contributed by atoms with Gasteiger partial charge in [0.25, 0.3) is 11.6 Å². The largest absolute Gasteiger partial charge is 0.423 e. The van der Waals surface area contributed by atoms with Crippen LogP contribution in [0.3, 0.4) is 0 Å². The molecule has 1 aliphatic carbocycles. The third-order valence-corrected chi connectivity index (χ3v) is 6.15. The van der Waals surface area contributed by atoms with E-state index in [-0.39, 0.29) is 30.3 Å². The Hall–Kier alpha value is -3.44. The molecule has 3 aromatic rings. The van der Waals surface area contributed by atoms with E-state index >= 15 is 0 Å². The van der Waals surface area contributed by atoms with Gasteiger partial charge in [-0.2, -0.15) is 13.2 Å². The molecule has 1 amide bonds. The Balaban J connectivity index is 1.25. The lowest BCUT2D eigenvalue weighted by molar-refractivity contribution is -0.388. The Morgan fingerprint density at radius 2 is 1.86 bits per heavy atom. The number of halogens is 4. The second-order valence-electron chi connectivity index (χ2n) is 8.50. The number of carbonyl (C=O) groups excluding carboxylic acids is 1. The van der Waals surface area contributed by atoms with Crippen molar-refractivity contribution >= 4 is 45.6 Å². The molecule has 12 heteroatoms. The average molecular weight is 523 g/mol. The van der Waals surface area contributed by atoms with Crippen LogP contribution in [0.5, 0.6) is 0 Å². The van der Waals surface area contributed by atoms with Crippen LogP contribution in [0.1, 0.15) is 31.2 Å². The highest BCUT2D eigenvalue weighted by atomic mass is 35.5. The van der Waals surface area contributed by atoms with E-state index in [0.717, 1.165) is 17.5 Å².